The number of anilines is 1. The quantitative estimate of drug-likeness (QED) is 0.520. The minimum absolute atomic E-state index is 0.0598. The first-order valence-electron chi connectivity index (χ1n) is 9.04. The molecule has 0 bridgehead atoms. The molecule has 3 aromatic carbocycles. The van der Waals surface area contributed by atoms with E-state index in [1.165, 1.54) is 16.7 Å². The lowest BCUT2D eigenvalue weighted by Crippen LogP contribution is -2.16. The summed E-state index contributed by atoms with van der Waals surface area (Å²) >= 11 is 2.51. The number of nitrogens with one attached hydrogen (secondary N) is 1. The molecule has 0 heterocycles. The van der Waals surface area contributed by atoms with Crippen LogP contribution in [0.1, 0.15) is 15.9 Å². The summed E-state index contributed by atoms with van der Waals surface area (Å²) in [6.45, 7) is 0. The van der Waals surface area contributed by atoms with Crippen molar-refractivity contribution in [1.82, 2.24) is 4.90 Å². The molecule has 1 N–H and O–H groups in total. The number of nitriles is 1. The molecule has 3 rings (SSSR count). The van der Waals surface area contributed by atoms with Crippen molar-refractivity contribution in [2.75, 3.05) is 19.4 Å². The Labute approximate surface area is 184 Å². The van der Waals surface area contributed by atoms with Gasteiger partial charge in [0.2, 0.25) is 0 Å². The summed E-state index contributed by atoms with van der Waals surface area (Å²) in [4.78, 5) is 28.5. The van der Waals surface area contributed by atoms with E-state index >= 15 is 0 Å². The van der Waals surface area contributed by atoms with Gasteiger partial charge in [0.15, 0.2) is 0 Å². The number of hydrogen-bond acceptors (Lipinski definition) is 5. The summed E-state index contributed by atoms with van der Waals surface area (Å²) in [6, 6.07) is 23.9. The predicted molar refractivity (Wildman–Crippen MR) is 121 cm³/mol. The Bertz CT molecular complexity index is 1110. The molecule has 0 aliphatic heterocycles. The topological polar surface area (TPSA) is 73.2 Å². The standard InChI is InChI=1S/C23H19N3O2S2/c1-26(2)23(28)29-18-13-11-17(12-14-18)25-22(27)19-8-4-6-10-21(19)30-20-9-5-3-7-16(20)15-24/h3-14H,1-2H3,(H,25,27). The molecular weight excluding hydrogens is 414 g/mol. The molecule has 0 saturated heterocycles. The Morgan fingerprint density at radius 3 is 2.20 bits per heavy atom. The van der Waals surface area contributed by atoms with E-state index in [1.807, 2.05) is 36.4 Å². The number of carbonyl (C=O) groups excluding carboxylic acids is 2. The van der Waals surface area contributed by atoms with Crippen molar-refractivity contribution in [3.8, 4) is 6.07 Å². The van der Waals surface area contributed by atoms with Crippen molar-refractivity contribution in [3.05, 3.63) is 83.9 Å². The molecule has 0 unspecified atom stereocenters. The third-order valence-corrected chi connectivity index (χ3v) is 6.24. The molecule has 150 valence electrons. The van der Waals surface area contributed by atoms with E-state index in [0.717, 1.165) is 26.4 Å². The zero-order chi connectivity index (χ0) is 21.5. The van der Waals surface area contributed by atoms with Crippen molar-refractivity contribution in [2.24, 2.45) is 0 Å². The van der Waals surface area contributed by atoms with Crippen molar-refractivity contribution < 1.29 is 9.59 Å². The molecule has 0 atom stereocenters. The third-order valence-electron chi connectivity index (χ3n) is 4.04. The van der Waals surface area contributed by atoms with Gasteiger partial charge in [0, 0.05) is 34.5 Å². The lowest BCUT2D eigenvalue weighted by atomic mass is 10.2. The van der Waals surface area contributed by atoms with Crippen LogP contribution in [0.25, 0.3) is 0 Å². The molecule has 0 spiro atoms. The van der Waals surface area contributed by atoms with Crippen LogP contribution in [-0.2, 0) is 0 Å². The first-order valence-corrected chi connectivity index (χ1v) is 10.7. The van der Waals surface area contributed by atoms with Crippen LogP contribution < -0.4 is 5.32 Å². The van der Waals surface area contributed by atoms with E-state index in [1.54, 1.807) is 50.5 Å². The summed E-state index contributed by atoms with van der Waals surface area (Å²) in [5.41, 5.74) is 1.73. The van der Waals surface area contributed by atoms with Crippen molar-refractivity contribution >= 4 is 40.4 Å². The molecule has 7 heteroatoms. The van der Waals surface area contributed by atoms with Gasteiger partial charge >= 0.3 is 0 Å². The summed E-state index contributed by atoms with van der Waals surface area (Å²) in [5, 5.41) is 12.1. The van der Waals surface area contributed by atoms with Crippen LogP contribution in [0, 0.1) is 11.3 Å². The molecule has 3 aromatic rings. The summed E-state index contributed by atoms with van der Waals surface area (Å²) in [6.07, 6.45) is 0. The lowest BCUT2D eigenvalue weighted by molar-refractivity contribution is 0.102. The maximum atomic E-state index is 12.9. The molecule has 0 aliphatic rings. The van der Waals surface area contributed by atoms with E-state index in [-0.39, 0.29) is 11.1 Å². The predicted octanol–water partition coefficient (Wildman–Crippen LogP) is 5.74. The average Bonchev–Trinajstić information content (AvgIpc) is 2.75. The highest BCUT2D eigenvalue weighted by Crippen LogP contribution is 2.33. The van der Waals surface area contributed by atoms with Crippen LogP contribution in [0.4, 0.5) is 10.5 Å². The van der Waals surface area contributed by atoms with E-state index < -0.39 is 0 Å². The van der Waals surface area contributed by atoms with Gasteiger partial charge < -0.3 is 10.2 Å². The second-order valence-corrected chi connectivity index (χ2v) is 8.56. The Kier molecular flexibility index (Phi) is 7.17. The van der Waals surface area contributed by atoms with Crippen molar-refractivity contribution in [1.29, 1.82) is 5.26 Å². The third kappa shape index (κ3) is 5.44. The fourth-order valence-corrected chi connectivity index (χ4v) is 4.19. The molecule has 0 saturated carbocycles. The maximum Gasteiger partial charge on any atom is 0.285 e. The monoisotopic (exact) mass is 433 g/mol. The van der Waals surface area contributed by atoms with Crippen LogP contribution in [0.2, 0.25) is 0 Å². The number of carbonyl (C=O) groups is 2. The number of rotatable bonds is 5. The summed E-state index contributed by atoms with van der Waals surface area (Å²) in [7, 11) is 3.41. The maximum absolute atomic E-state index is 12.9. The number of amides is 2. The smallest absolute Gasteiger partial charge is 0.285 e. The zero-order valence-electron chi connectivity index (χ0n) is 16.5. The van der Waals surface area contributed by atoms with Crippen LogP contribution >= 0.6 is 23.5 Å². The zero-order valence-corrected chi connectivity index (χ0v) is 18.1. The summed E-state index contributed by atoms with van der Waals surface area (Å²) < 4.78 is 0. The molecule has 30 heavy (non-hydrogen) atoms. The fraction of sp³-hybridized carbons (Fsp3) is 0.0870. The van der Waals surface area contributed by atoms with Gasteiger partial charge in [-0.25, -0.2) is 0 Å². The molecule has 0 radical (unpaired) electrons. The number of nitrogens with zero attached hydrogens (tertiary/aromatic N) is 2. The molecule has 0 aromatic heterocycles. The van der Waals surface area contributed by atoms with Crippen molar-refractivity contribution in [3.63, 3.8) is 0 Å². The van der Waals surface area contributed by atoms with Gasteiger partial charge in [-0.2, -0.15) is 5.26 Å². The fourth-order valence-electron chi connectivity index (χ4n) is 2.51. The molecule has 0 aliphatic carbocycles. The van der Waals surface area contributed by atoms with Gasteiger partial charge in [-0.3, -0.25) is 9.59 Å². The van der Waals surface area contributed by atoms with Gasteiger partial charge in [0.25, 0.3) is 11.1 Å². The van der Waals surface area contributed by atoms with Crippen LogP contribution in [0.15, 0.2) is 87.5 Å². The number of benzene rings is 3. The first kappa shape index (κ1) is 21.5. The van der Waals surface area contributed by atoms with Gasteiger partial charge in [0.05, 0.1) is 11.1 Å². The Morgan fingerprint density at radius 2 is 1.53 bits per heavy atom. The molecule has 2 amide bonds. The van der Waals surface area contributed by atoms with Crippen molar-refractivity contribution in [2.45, 2.75) is 14.7 Å². The van der Waals surface area contributed by atoms with E-state index in [2.05, 4.69) is 11.4 Å². The second kappa shape index (κ2) is 10.0. The van der Waals surface area contributed by atoms with Gasteiger partial charge in [0.1, 0.15) is 6.07 Å². The molecule has 0 fully saturated rings. The molecule has 5 nitrogen and oxygen atoms in total. The highest BCUT2D eigenvalue weighted by atomic mass is 32.2. The van der Waals surface area contributed by atoms with Gasteiger partial charge in [-0.15, -0.1) is 0 Å². The minimum Gasteiger partial charge on any atom is -0.339 e. The van der Waals surface area contributed by atoms with Crippen LogP contribution in [0.3, 0.4) is 0 Å². The highest BCUT2D eigenvalue weighted by Gasteiger charge is 2.14. The van der Waals surface area contributed by atoms with E-state index in [9.17, 15) is 14.9 Å². The molecular formula is C23H19N3O2S2. The minimum atomic E-state index is -0.239. The first-order chi connectivity index (χ1) is 14.5. The lowest BCUT2D eigenvalue weighted by Gasteiger charge is -2.12. The van der Waals surface area contributed by atoms with E-state index in [4.69, 9.17) is 0 Å². The largest absolute Gasteiger partial charge is 0.339 e. The Hall–Kier alpha value is -3.21. The Morgan fingerprint density at radius 1 is 0.900 bits per heavy atom. The number of hydrogen-bond donors (Lipinski definition) is 1. The summed E-state index contributed by atoms with van der Waals surface area (Å²) in [5.74, 6) is -0.239. The van der Waals surface area contributed by atoms with Gasteiger partial charge in [-0.1, -0.05) is 36.0 Å². The average molecular weight is 434 g/mol. The Balaban J connectivity index is 1.75. The van der Waals surface area contributed by atoms with E-state index in [0.29, 0.717) is 16.8 Å². The number of thioether (sulfide) groups is 1. The normalized spacial score (nSPS) is 10.2. The van der Waals surface area contributed by atoms with Gasteiger partial charge in [-0.05, 0) is 60.3 Å². The highest BCUT2D eigenvalue weighted by molar-refractivity contribution is 8.13. The second-order valence-electron chi connectivity index (χ2n) is 6.45. The van der Waals surface area contributed by atoms with Crippen LogP contribution in [-0.4, -0.2) is 30.1 Å². The SMILES string of the molecule is CN(C)C(=O)Sc1ccc(NC(=O)c2ccccc2Sc2ccccc2C#N)cc1. The van der Waals surface area contributed by atoms with Crippen LogP contribution in [0.5, 0.6) is 0 Å².